The molecule has 1 saturated heterocycles. The Morgan fingerprint density at radius 1 is 1.11 bits per heavy atom. The van der Waals surface area contributed by atoms with Crippen molar-refractivity contribution in [2.45, 2.75) is 19.9 Å². The van der Waals surface area contributed by atoms with Gasteiger partial charge in [0, 0.05) is 43.8 Å². The number of anilines is 3. The van der Waals surface area contributed by atoms with E-state index in [9.17, 15) is 4.79 Å². The highest BCUT2D eigenvalue weighted by molar-refractivity contribution is 5.96. The van der Waals surface area contributed by atoms with Crippen molar-refractivity contribution in [1.82, 2.24) is 14.5 Å². The summed E-state index contributed by atoms with van der Waals surface area (Å²) in [5, 5.41) is 4.43. The van der Waals surface area contributed by atoms with E-state index in [4.69, 9.17) is 5.73 Å². The van der Waals surface area contributed by atoms with E-state index >= 15 is 0 Å². The number of nitrogens with one attached hydrogen (secondary N) is 1. The van der Waals surface area contributed by atoms with Crippen LogP contribution in [0.3, 0.4) is 0 Å². The van der Waals surface area contributed by atoms with Crippen LogP contribution in [0.1, 0.15) is 13.8 Å². The topological polar surface area (TPSA) is 79.4 Å². The minimum atomic E-state index is -0.0695. The number of nitrogens with two attached hydrogens (primary N) is 1. The summed E-state index contributed by atoms with van der Waals surface area (Å²) < 4.78 is 1.61. The number of hydrogen-bond donors (Lipinski definition) is 2. The molecule has 0 spiro atoms. The Balaban J connectivity index is 1.50. The second kappa shape index (κ2) is 7.42. The predicted molar refractivity (Wildman–Crippen MR) is 114 cm³/mol. The van der Waals surface area contributed by atoms with E-state index < -0.39 is 0 Å². The average Bonchev–Trinajstić information content (AvgIpc) is 3.03. The smallest absolute Gasteiger partial charge is 0.330 e. The highest BCUT2D eigenvalue weighted by Gasteiger charge is 2.26. The number of benzene rings is 1. The molecule has 1 fully saturated rings. The lowest BCUT2D eigenvalue weighted by Gasteiger charge is -2.36. The predicted octanol–water partition coefficient (Wildman–Crippen LogP) is 3.23. The number of nitrogens with zero attached hydrogens (tertiary/aromatic N) is 4. The number of piperazine rings is 1. The molecule has 1 amide bonds. The summed E-state index contributed by atoms with van der Waals surface area (Å²) in [4.78, 5) is 21.8. The van der Waals surface area contributed by atoms with Crippen molar-refractivity contribution >= 4 is 34.3 Å². The van der Waals surface area contributed by atoms with E-state index in [1.54, 1.807) is 4.57 Å². The molecule has 7 heteroatoms. The van der Waals surface area contributed by atoms with Crippen LogP contribution in [0.2, 0.25) is 0 Å². The first-order valence-electron chi connectivity index (χ1n) is 9.66. The van der Waals surface area contributed by atoms with E-state index in [1.165, 1.54) is 0 Å². The molecule has 3 N–H and O–H groups in total. The van der Waals surface area contributed by atoms with Gasteiger partial charge in [-0.1, -0.05) is 18.2 Å². The lowest BCUT2D eigenvalue weighted by Crippen LogP contribution is -2.50. The van der Waals surface area contributed by atoms with Gasteiger partial charge in [0.25, 0.3) is 0 Å². The number of pyridine rings is 1. The van der Waals surface area contributed by atoms with Gasteiger partial charge in [-0.15, -0.1) is 0 Å². The number of para-hydroxylation sites is 1. The van der Waals surface area contributed by atoms with Crippen LogP contribution < -0.4 is 16.0 Å². The Hall–Kier alpha value is -3.22. The van der Waals surface area contributed by atoms with Crippen LogP contribution >= 0.6 is 0 Å². The maximum Gasteiger partial charge on any atom is 0.330 e. The van der Waals surface area contributed by atoms with Crippen molar-refractivity contribution in [3.63, 3.8) is 0 Å². The number of nitrogen functional groups attached to an aromatic ring is 1. The van der Waals surface area contributed by atoms with E-state index in [0.29, 0.717) is 24.9 Å². The van der Waals surface area contributed by atoms with Gasteiger partial charge in [0.1, 0.15) is 5.82 Å². The fourth-order valence-corrected chi connectivity index (χ4v) is 3.71. The third kappa shape index (κ3) is 3.35. The van der Waals surface area contributed by atoms with E-state index in [-0.39, 0.29) is 6.03 Å². The molecule has 4 rings (SSSR count). The van der Waals surface area contributed by atoms with Gasteiger partial charge in [0.05, 0.1) is 11.2 Å². The average molecular weight is 378 g/mol. The molecule has 2 aromatic heterocycles. The second-order valence-corrected chi connectivity index (χ2v) is 7.39. The molecule has 28 heavy (non-hydrogen) atoms. The number of rotatable bonds is 3. The van der Waals surface area contributed by atoms with Crippen LogP contribution in [0.5, 0.6) is 0 Å². The molecule has 0 radical (unpaired) electrons. The van der Waals surface area contributed by atoms with Crippen molar-refractivity contribution in [3.8, 4) is 0 Å². The standard InChI is InChI=1S/C21H26N6O/c1-15(2)24-17-7-5-9-23-20(17)25-10-12-26(13-11-25)21(28)27-18-8-4-3-6-16(18)14-19(27)22/h3-9,14-15,24H,10-13,22H2,1-2H3. The van der Waals surface area contributed by atoms with Gasteiger partial charge >= 0.3 is 6.03 Å². The first-order chi connectivity index (χ1) is 13.5. The fourth-order valence-electron chi connectivity index (χ4n) is 3.71. The number of fused-ring (bicyclic) bond motifs is 1. The second-order valence-electron chi connectivity index (χ2n) is 7.39. The molecule has 1 aromatic carbocycles. The molecular weight excluding hydrogens is 352 g/mol. The summed E-state index contributed by atoms with van der Waals surface area (Å²) in [5.74, 6) is 1.41. The van der Waals surface area contributed by atoms with Crippen molar-refractivity contribution in [1.29, 1.82) is 0 Å². The molecule has 0 aliphatic carbocycles. The SMILES string of the molecule is CC(C)Nc1cccnc1N1CCN(C(=O)n2c(N)cc3ccccc32)CC1. The summed E-state index contributed by atoms with van der Waals surface area (Å²) in [7, 11) is 0. The van der Waals surface area contributed by atoms with Crippen molar-refractivity contribution in [3.05, 3.63) is 48.7 Å². The molecule has 3 heterocycles. The molecule has 146 valence electrons. The summed E-state index contributed by atoms with van der Waals surface area (Å²) in [6, 6.07) is 13.9. The number of aromatic nitrogens is 2. The van der Waals surface area contributed by atoms with Gasteiger partial charge in [-0.05, 0) is 38.1 Å². The first kappa shape index (κ1) is 18.2. The fraction of sp³-hybridized carbons (Fsp3) is 0.333. The highest BCUT2D eigenvalue weighted by atomic mass is 16.2. The highest BCUT2D eigenvalue weighted by Crippen LogP contribution is 2.26. The quantitative estimate of drug-likeness (QED) is 0.731. The van der Waals surface area contributed by atoms with Gasteiger partial charge in [-0.25, -0.2) is 14.3 Å². The lowest BCUT2D eigenvalue weighted by atomic mass is 10.2. The van der Waals surface area contributed by atoms with Gasteiger partial charge in [-0.3, -0.25) is 0 Å². The lowest BCUT2D eigenvalue weighted by molar-refractivity contribution is 0.197. The van der Waals surface area contributed by atoms with Crippen molar-refractivity contribution < 1.29 is 4.79 Å². The van der Waals surface area contributed by atoms with Crippen molar-refractivity contribution in [2.75, 3.05) is 42.1 Å². The Labute approximate surface area is 164 Å². The number of hydrogen-bond acceptors (Lipinski definition) is 5. The van der Waals surface area contributed by atoms with Crippen LogP contribution in [-0.4, -0.2) is 52.7 Å². The number of amides is 1. The third-order valence-corrected chi connectivity index (χ3v) is 5.01. The van der Waals surface area contributed by atoms with Gasteiger partial charge in [0.15, 0.2) is 5.82 Å². The summed E-state index contributed by atoms with van der Waals surface area (Å²) in [5.41, 5.74) is 8.01. The largest absolute Gasteiger partial charge is 0.385 e. The Bertz CT molecular complexity index is 987. The van der Waals surface area contributed by atoms with Crippen LogP contribution in [0.15, 0.2) is 48.7 Å². The molecular formula is C21H26N6O. The molecule has 0 unspecified atom stereocenters. The minimum Gasteiger partial charge on any atom is -0.385 e. The molecule has 0 saturated carbocycles. The van der Waals surface area contributed by atoms with E-state index in [1.807, 2.05) is 53.6 Å². The van der Waals surface area contributed by atoms with Gasteiger partial charge in [0.2, 0.25) is 0 Å². The van der Waals surface area contributed by atoms with Crippen LogP contribution in [0.25, 0.3) is 10.9 Å². The van der Waals surface area contributed by atoms with Crippen LogP contribution in [0.4, 0.5) is 22.1 Å². The van der Waals surface area contributed by atoms with Gasteiger partial charge < -0.3 is 20.9 Å². The van der Waals surface area contributed by atoms with E-state index in [2.05, 4.69) is 29.0 Å². The molecule has 7 nitrogen and oxygen atoms in total. The zero-order valence-corrected chi connectivity index (χ0v) is 16.3. The van der Waals surface area contributed by atoms with Gasteiger partial charge in [-0.2, -0.15) is 0 Å². The molecule has 3 aromatic rings. The monoisotopic (exact) mass is 378 g/mol. The van der Waals surface area contributed by atoms with Crippen LogP contribution in [0, 0.1) is 0 Å². The first-order valence-corrected chi connectivity index (χ1v) is 9.66. The zero-order chi connectivity index (χ0) is 19.7. The molecule has 0 bridgehead atoms. The van der Waals surface area contributed by atoms with E-state index in [0.717, 1.165) is 35.5 Å². The summed E-state index contributed by atoms with van der Waals surface area (Å²) in [6.07, 6.45) is 1.81. The van der Waals surface area contributed by atoms with Crippen LogP contribution in [-0.2, 0) is 0 Å². The maximum atomic E-state index is 13.1. The summed E-state index contributed by atoms with van der Waals surface area (Å²) in [6.45, 7) is 6.94. The Morgan fingerprint density at radius 2 is 1.86 bits per heavy atom. The summed E-state index contributed by atoms with van der Waals surface area (Å²) >= 11 is 0. The Morgan fingerprint density at radius 3 is 2.61 bits per heavy atom. The normalized spacial score (nSPS) is 14.7. The number of carbonyl (C=O) groups is 1. The Kier molecular flexibility index (Phi) is 4.81. The van der Waals surface area contributed by atoms with Crippen molar-refractivity contribution in [2.24, 2.45) is 0 Å². The molecule has 0 atom stereocenters. The third-order valence-electron chi connectivity index (χ3n) is 5.01. The molecule has 1 aliphatic rings. The zero-order valence-electron chi connectivity index (χ0n) is 16.3. The maximum absolute atomic E-state index is 13.1. The molecule has 1 aliphatic heterocycles. The minimum absolute atomic E-state index is 0.0695. The number of carbonyl (C=O) groups excluding carboxylic acids is 1.